The third kappa shape index (κ3) is 13.3. The van der Waals surface area contributed by atoms with Gasteiger partial charge >= 0.3 is 0 Å². The molecular formula is C44H63BrN6O4S2. The highest BCUT2D eigenvalue weighted by molar-refractivity contribution is 9.09. The van der Waals surface area contributed by atoms with Crippen LogP contribution < -0.4 is 14.8 Å². The van der Waals surface area contributed by atoms with Crippen LogP contribution in [0.15, 0.2) is 48.5 Å². The van der Waals surface area contributed by atoms with Gasteiger partial charge in [0.1, 0.15) is 21.5 Å². The molecule has 4 aromatic rings. The molecule has 0 amide bonds. The normalized spacial score (nSPS) is 19.6. The van der Waals surface area contributed by atoms with E-state index in [0.717, 1.165) is 124 Å². The molecule has 4 aliphatic rings. The Morgan fingerprint density at radius 3 is 1.72 bits per heavy atom. The number of halogens is 1. The lowest BCUT2D eigenvalue weighted by Crippen LogP contribution is -2.32. The summed E-state index contributed by atoms with van der Waals surface area (Å²) in [6.45, 7) is 16.1. The van der Waals surface area contributed by atoms with Crippen molar-refractivity contribution in [2.24, 2.45) is 0 Å². The molecule has 2 aromatic carbocycles. The Hall–Kier alpha value is -2.46. The first-order valence-corrected chi connectivity index (χ1v) is 23.8. The second kappa shape index (κ2) is 23.4. The number of alkyl halides is 1. The zero-order valence-corrected chi connectivity index (χ0v) is 37.2. The lowest BCUT2D eigenvalue weighted by Gasteiger charge is -2.24. The number of hydrogen-bond donors (Lipinski definition) is 3. The summed E-state index contributed by atoms with van der Waals surface area (Å²) in [6, 6.07) is 18.3. The number of aromatic nitrogens is 2. The van der Waals surface area contributed by atoms with Crippen LogP contribution in [0.4, 0.5) is 0 Å². The molecule has 0 radical (unpaired) electrons. The first-order valence-electron chi connectivity index (χ1n) is 21.1. The third-order valence-electron chi connectivity index (χ3n) is 11.2. The molecule has 13 heteroatoms. The van der Waals surface area contributed by atoms with Crippen molar-refractivity contribution in [3.8, 4) is 32.6 Å². The Morgan fingerprint density at radius 2 is 1.25 bits per heavy atom. The molecule has 2 saturated heterocycles. The lowest BCUT2D eigenvalue weighted by molar-refractivity contribution is 0.185. The van der Waals surface area contributed by atoms with E-state index in [0.29, 0.717) is 5.33 Å². The molecule has 2 atom stereocenters. The summed E-state index contributed by atoms with van der Waals surface area (Å²) in [5, 5.41) is 23.3. The zero-order valence-electron chi connectivity index (χ0n) is 34.0. The Morgan fingerprint density at radius 1 is 0.719 bits per heavy atom. The van der Waals surface area contributed by atoms with Gasteiger partial charge in [-0.2, -0.15) is 0 Å². The summed E-state index contributed by atoms with van der Waals surface area (Å²) in [5.74, 6) is 1.90. The van der Waals surface area contributed by atoms with Gasteiger partial charge in [-0.1, -0.05) is 15.9 Å². The number of aliphatic hydroxyl groups is 2. The highest BCUT2D eigenvalue weighted by Crippen LogP contribution is 2.33. The van der Waals surface area contributed by atoms with E-state index >= 15 is 0 Å². The molecule has 0 saturated carbocycles. The van der Waals surface area contributed by atoms with Crippen LogP contribution in [0.5, 0.6) is 11.5 Å². The average Bonchev–Trinajstić information content (AvgIpc) is 4.06. The quantitative estimate of drug-likeness (QED) is 0.0822. The smallest absolute Gasteiger partial charge is 0.123 e. The maximum absolute atomic E-state index is 9.15. The highest BCUT2D eigenvalue weighted by atomic mass is 79.9. The van der Waals surface area contributed by atoms with Gasteiger partial charge in [-0.25, -0.2) is 9.97 Å². The second-order valence-electron chi connectivity index (χ2n) is 15.4. The molecule has 2 unspecified atom stereocenters. The number of fused-ring (bicyclic) bond motifs is 2. The van der Waals surface area contributed by atoms with E-state index in [2.05, 4.69) is 98.3 Å². The van der Waals surface area contributed by atoms with Gasteiger partial charge in [-0.15, -0.1) is 22.7 Å². The van der Waals surface area contributed by atoms with Gasteiger partial charge < -0.3 is 34.8 Å². The van der Waals surface area contributed by atoms with Crippen molar-refractivity contribution >= 4 is 38.6 Å². The van der Waals surface area contributed by atoms with Crippen molar-refractivity contribution < 1.29 is 19.7 Å². The first-order chi connectivity index (χ1) is 27.9. The number of benzene rings is 2. The number of ether oxygens (including phenoxy) is 2. The van der Waals surface area contributed by atoms with Crippen LogP contribution in [0, 0.1) is 0 Å². The predicted molar refractivity (Wildman–Crippen MR) is 238 cm³/mol. The van der Waals surface area contributed by atoms with E-state index in [-0.39, 0.29) is 13.2 Å². The van der Waals surface area contributed by atoms with E-state index in [1.807, 2.05) is 11.3 Å². The Bertz CT molecular complexity index is 1730. The maximum atomic E-state index is 9.15. The summed E-state index contributed by atoms with van der Waals surface area (Å²) in [6.07, 6.45) is 9.56. The SMILES string of the molecule is CC1CCCN1CCCOc1ccc(-c2nc3c(s2)CN(CCO)CC3)cc1.CC1CCCN1CCCOc1ccc(-c2nc3c(s2)CNCC3)cc1.OCCBr. The number of thiazole rings is 2. The van der Waals surface area contributed by atoms with Crippen LogP contribution >= 0.6 is 38.6 Å². The molecule has 0 spiro atoms. The van der Waals surface area contributed by atoms with Gasteiger partial charge in [0.2, 0.25) is 0 Å². The summed E-state index contributed by atoms with van der Waals surface area (Å²) in [4.78, 5) is 19.8. The molecule has 2 aromatic heterocycles. The van der Waals surface area contributed by atoms with Crippen LogP contribution in [0.1, 0.15) is 73.5 Å². The largest absolute Gasteiger partial charge is 0.494 e. The molecule has 0 bridgehead atoms. The number of rotatable bonds is 15. The summed E-state index contributed by atoms with van der Waals surface area (Å²) in [5.41, 5.74) is 4.85. The summed E-state index contributed by atoms with van der Waals surface area (Å²) >= 11 is 6.59. The number of nitrogens with one attached hydrogen (secondary N) is 1. The highest BCUT2D eigenvalue weighted by Gasteiger charge is 2.22. The predicted octanol–water partition coefficient (Wildman–Crippen LogP) is 7.50. The molecule has 3 N–H and O–H groups in total. The number of hydrogen-bond acceptors (Lipinski definition) is 12. The summed E-state index contributed by atoms with van der Waals surface area (Å²) < 4.78 is 11.9. The molecule has 10 nitrogen and oxygen atoms in total. The molecule has 8 rings (SSSR count). The monoisotopic (exact) mass is 882 g/mol. The summed E-state index contributed by atoms with van der Waals surface area (Å²) in [7, 11) is 0. The van der Waals surface area contributed by atoms with Gasteiger partial charge in [0.05, 0.1) is 37.8 Å². The number of β-amino-alcohol motifs (C(OH)–C–C–N with tert-alkyl or cyclic N) is 1. The first kappa shape index (κ1) is 44.1. The topological polar surface area (TPSA) is 106 Å². The van der Waals surface area contributed by atoms with Crippen molar-refractivity contribution in [3.63, 3.8) is 0 Å². The number of likely N-dealkylation sites (tertiary alicyclic amines) is 2. The molecule has 57 heavy (non-hydrogen) atoms. The Kier molecular flexibility index (Phi) is 18.1. The number of aliphatic hydroxyl groups excluding tert-OH is 2. The molecule has 6 heterocycles. The number of nitrogens with zero attached hydrogens (tertiary/aromatic N) is 5. The van der Waals surface area contributed by atoms with Crippen LogP contribution in [0.3, 0.4) is 0 Å². The maximum Gasteiger partial charge on any atom is 0.123 e. The zero-order chi connectivity index (χ0) is 39.8. The second-order valence-corrected chi connectivity index (χ2v) is 18.3. The fourth-order valence-electron chi connectivity index (χ4n) is 7.91. The van der Waals surface area contributed by atoms with Crippen LogP contribution in [-0.4, -0.2) is 125 Å². The van der Waals surface area contributed by atoms with E-state index < -0.39 is 0 Å². The third-order valence-corrected chi connectivity index (χ3v) is 13.8. The molecule has 4 aliphatic heterocycles. The van der Waals surface area contributed by atoms with Crippen molar-refractivity contribution in [2.75, 3.05) is 77.6 Å². The van der Waals surface area contributed by atoms with Crippen LogP contribution in [0.25, 0.3) is 21.1 Å². The molecule has 312 valence electrons. The van der Waals surface area contributed by atoms with Crippen LogP contribution in [-0.2, 0) is 25.9 Å². The van der Waals surface area contributed by atoms with Crippen molar-refractivity contribution in [1.82, 2.24) is 30.0 Å². The minimum absolute atomic E-state index is 0.222. The van der Waals surface area contributed by atoms with E-state index in [4.69, 9.17) is 29.7 Å². The van der Waals surface area contributed by atoms with Gasteiger partial charge in [0.15, 0.2) is 0 Å². The average molecular weight is 884 g/mol. The minimum atomic E-state index is 0.222. The van der Waals surface area contributed by atoms with E-state index in [1.165, 1.54) is 65.5 Å². The van der Waals surface area contributed by atoms with Crippen molar-refractivity contribution in [3.05, 3.63) is 69.7 Å². The van der Waals surface area contributed by atoms with E-state index in [1.54, 1.807) is 11.3 Å². The fraction of sp³-hybridized carbons (Fsp3) is 0.591. The van der Waals surface area contributed by atoms with Crippen molar-refractivity contribution in [1.29, 1.82) is 0 Å². The minimum Gasteiger partial charge on any atom is -0.494 e. The Balaban J connectivity index is 0.000000177. The molecule has 2 fully saturated rings. The standard InChI is InChI=1S/C22H31N3O2S.C20H27N3OS.C2H5BrO/c1-17-4-2-10-25(17)11-3-15-27-19-7-5-18(6-8-19)22-23-20-9-12-24(13-14-26)16-21(20)28-22;1-15-4-2-11-23(15)12-3-13-24-17-7-5-16(6-8-17)20-22-18-9-10-21-14-19(18)25-20;3-1-2-4/h5-8,17,26H,2-4,9-16H2,1H3;5-8,15,21H,2-4,9-14H2,1H3;4H,1-2H2. The van der Waals surface area contributed by atoms with Crippen LogP contribution in [0.2, 0.25) is 0 Å². The Labute approximate surface area is 356 Å². The van der Waals surface area contributed by atoms with E-state index in [9.17, 15) is 0 Å². The van der Waals surface area contributed by atoms with Gasteiger partial charge in [0.25, 0.3) is 0 Å². The van der Waals surface area contributed by atoms with Gasteiger partial charge in [-0.3, -0.25) is 4.90 Å². The fourth-order valence-corrected chi connectivity index (χ4v) is 10.1. The van der Waals surface area contributed by atoms with Gasteiger partial charge in [-0.05, 0) is 114 Å². The van der Waals surface area contributed by atoms with Crippen molar-refractivity contribution in [2.45, 2.75) is 90.4 Å². The van der Waals surface area contributed by atoms with Gasteiger partial charge in [0, 0.05) is 96.9 Å². The lowest BCUT2D eigenvalue weighted by atomic mass is 10.2. The molecule has 0 aliphatic carbocycles. The molecular weight excluding hydrogens is 821 g/mol.